The SMILES string of the molecule is Nc1cn(CCN2CCSCC2)nn1. The van der Waals surface area contributed by atoms with Gasteiger partial charge in [-0.05, 0) is 0 Å². The standard InChI is InChI=1S/C8H15N5S/c9-8-7-13(11-10-8)2-1-12-3-5-14-6-4-12/h7H,1-6,9H2. The molecular weight excluding hydrogens is 198 g/mol. The Kier molecular flexibility index (Phi) is 3.26. The normalized spacial score (nSPS) is 18.6. The van der Waals surface area contributed by atoms with Crippen molar-refractivity contribution in [1.29, 1.82) is 0 Å². The van der Waals surface area contributed by atoms with Crippen LogP contribution in [0.2, 0.25) is 0 Å². The van der Waals surface area contributed by atoms with Crippen molar-refractivity contribution in [1.82, 2.24) is 19.9 Å². The number of nitrogens with two attached hydrogens (primary N) is 1. The van der Waals surface area contributed by atoms with Crippen molar-refractivity contribution in [3.63, 3.8) is 0 Å². The second kappa shape index (κ2) is 4.65. The highest BCUT2D eigenvalue weighted by molar-refractivity contribution is 7.99. The van der Waals surface area contributed by atoms with E-state index in [1.54, 1.807) is 10.9 Å². The molecule has 0 unspecified atom stereocenters. The summed E-state index contributed by atoms with van der Waals surface area (Å²) in [4.78, 5) is 2.45. The topological polar surface area (TPSA) is 60.0 Å². The van der Waals surface area contributed by atoms with Crippen LogP contribution in [0.5, 0.6) is 0 Å². The van der Waals surface area contributed by atoms with Crippen LogP contribution < -0.4 is 5.73 Å². The lowest BCUT2D eigenvalue weighted by Gasteiger charge is -2.25. The Morgan fingerprint density at radius 2 is 2.14 bits per heavy atom. The summed E-state index contributed by atoms with van der Waals surface area (Å²) in [6.45, 7) is 4.31. The van der Waals surface area contributed by atoms with Crippen molar-refractivity contribution in [2.45, 2.75) is 6.54 Å². The zero-order chi connectivity index (χ0) is 9.80. The average Bonchev–Trinajstić information content (AvgIpc) is 2.63. The van der Waals surface area contributed by atoms with Gasteiger partial charge in [0, 0.05) is 31.1 Å². The van der Waals surface area contributed by atoms with Crippen LogP contribution in [-0.4, -0.2) is 51.0 Å². The van der Waals surface area contributed by atoms with Gasteiger partial charge in [0.25, 0.3) is 0 Å². The Labute approximate surface area is 87.6 Å². The van der Waals surface area contributed by atoms with Crippen molar-refractivity contribution < 1.29 is 0 Å². The van der Waals surface area contributed by atoms with Crippen LogP contribution >= 0.6 is 11.8 Å². The molecule has 2 rings (SSSR count). The maximum absolute atomic E-state index is 5.48. The highest BCUT2D eigenvalue weighted by Crippen LogP contribution is 2.08. The van der Waals surface area contributed by atoms with Crippen LogP contribution in [0.3, 0.4) is 0 Å². The van der Waals surface area contributed by atoms with E-state index in [1.165, 1.54) is 24.6 Å². The maximum Gasteiger partial charge on any atom is 0.165 e. The molecule has 1 saturated heterocycles. The molecule has 0 amide bonds. The predicted octanol–water partition coefficient (Wildman–Crippen LogP) is -0.0909. The molecule has 1 aliphatic rings. The molecule has 0 atom stereocenters. The van der Waals surface area contributed by atoms with E-state index in [0.29, 0.717) is 5.82 Å². The molecule has 0 aromatic carbocycles. The van der Waals surface area contributed by atoms with Gasteiger partial charge in [-0.2, -0.15) is 11.8 Å². The molecule has 14 heavy (non-hydrogen) atoms. The lowest BCUT2D eigenvalue weighted by molar-refractivity contribution is 0.283. The van der Waals surface area contributed by atoms with Crippen molar-refractivity contribution in [3.8, 4) is 0 Å². The van der Waals surface area contributed by atoms with Crippen LogP contribution in [0, 0.1) is 0 Å². The van der Waals surface area contributed by atoms with Crippen LogP contribution in [-0.2, 0) is 6.54 Å². The van der Waals surface area contributed by atoms with Crippen molar-refractivity contribution >= 4 is 17.6 Å². The Morgan fingerprint density at radius 3 is 2.79 bits per heavy atom. The van der Waals surface area contributed by atoms with Gasteiger partial charge >= 0.3 is 0 Å². The van der Waals surface area contributed by atoms with Gasteiger partial charge in [-0.3, -0.25) is 4.90 Å². The molecule has 0 bridgehead atoms. The first-order valence-corrected chi connectivity index (χ1v) is 5.96. The van der Waals surface area contributed by atoms with Crippen molar-refractivity contribution in [2.24, 2.45) is 0 Å². The number of thioether (sulfide) groups is 1. The van der Waals surface area contributed by atoms with E-state index in [-0.39, 0.29) is 0 Å². The third kappa shape index (κ3) is 2.62. The molecule has 0 aliphatic carbocycles. The zero-order valence-corrected chi connectivity index (χ0v) is 8.91. The summed E-state index contributed by atoms with van der Waals surface area (Å²) in [6, 6.07) is 0. The lowest BCUT2D eigenvalue weighted by atomic mass is 10.4. The minimum atomic E-state index is 0.499. The first kappa shape index (κ1) is 9.79. The van der Waals surface area contributed by atoms with E-state index in [4.69, 9.17) is 5.73 Å². The quantitative estimate of drug-likeness (QED) is 0.760. The molecule has 2 heterocycles. The zero-order valence-electron chi connectivity index (χ0n) is 8.09. The highest BCUT2D eigenvalue weighted by Gasteiger charge is 2.09. The fourth-order valence-corrected chi connectivity index (χ4v) is 2.47. The molecule has 5 nitrogen and oxygen atoms in total. The Bertz CT molecular complexity index is 281. The highest BCUT2D eigenvalue weighted by atomic mass is 32.2. The van der Waals surface area contributed by atoms with E-state index in [0.717, 1.165) is 13.1 Å². The summed E-state index contributed by atoms with van der Waals surface area (Å²) in [7, 11) is 0. The van der Waals surface area contributed by atoms with Crippen LogP contribution in [0.1, 0.15) is 0 Å². The Hall–Kier alpha value is -0.750. The summed E-state index contributed by atoms with van der Waals surface area (Å²) in [5.74, 6) is 3.00. The molecule has 1 fully saturated rings. The molecular formula is C8H15N5S. The first-order valence-electron chi connectivity index (χ1n) is 4.80. The minimum Gasteiger partial charge on any atom is -0.381 e. The average molecular weight is 213 g/mol. The molecule has 2 N–H and O–H groups in total. The molecule has 78 valence electrons. The molecule has 1 aromatic rings. The van der Waals surface area contributed by atoms with E-state index < -0.39 is 0 Å². The molecule has 1 aromatic heterocycles. The molecule has 0 radical (unpaired) electrons. The van der Waals surface area contributed by atoms with E-state index in [1.807, 2.05) is 11.8 Å². The number of hydrogen-bond donors (Lipinski definition) is 1. The predicted molar refractivity (Wildman–Crippen MR) is 58.2 cm³/mol. The Morgan fingerprint density at radius 1 is 1.36 bits per heavy atom. The summed E-state index contributed by atoms with van der Waals surface area (Å²) >= 11 is 2.03. The second-order valence-electron chi connectivity index (χ2n) is 3.36. The van der Waals surface area contributed by atoms with Crippen LogP contribution in [0.15, 0.2) is 6.20 Å². The van der Waals surface area contributed by atoms with Gasteiger partial charge in [0.15, 0.2) is 5.82 Å². The monoisotopic (exact) mass is 213 g/mol. The fraction of sp³-hybridized carbons (Fsp3) is 0.750. The summed E-state index contributed by atoms with van der Waals surface area (Å²) in [5, 5.41) is 7.66. The number of nitrogen functional groups attached to an aromatic ring is 1. The maximum atomic E-state index is 5.48. The number of aromatic nitrogens is 3. The summed E-state index contributed by atoms with van der Waals surface area (Å²) in [5.41, 5.74) is 5.48. The fourth-order valence-electron chi connectivity index (χ4n) is 1.49. The Balaban J connectivity index is 1.76. The smallest absolute Gasteiger partial charge is 0.165 e. The van der Waals surface area contributed by atoms with Gasteiger partial charge in [0.2, 0.25) is 0 Å². The van der Waals surface area contributed by atoms with E-state index in [9.17, 15) is 0 Å². The molecule has 0 spiro atoms. The first-order chi connectivity index (χ1) is 6.84. The molecule has 0 saturated carbocycles. The third-order valence-corrected chi connectivity index (χ3v) is 3.25. The summed E-state index contributed by atoms with van der Waals surface area (Å²) in [6.07, 6.45) is 1.78. The van der Waals surface area contributed by atoms with Crippen LogP contribution in [0.4, 0.5) is 5.82 Å². The number of nitrogens with zero attached hydrogens (tertiary/aromatic N) is 4. The molecule has 1 aliphatic heterocycles. The van der Waals surface area contributed by atoms with Gasteiger partial charge in [-0.25, -0.2) is 4.68 Å². The summed E-state index contributed by atoms with van der Waals surface area (Å²) < 4.78 is 1.80. The number of hydrogen-bond acceptors (Lipinski definition) is 5. The van der Waals surface area contributed by atoms with E-state index in [2.05, 4.69) is 15.2 Å². The van der Waals surface area contributed by atoms with E-state index >= 15 is 0 Å². The van der Waals surface area contributed by atoms with Gasteiger partial charge in [-0.1, -0.05) is 5.21 Å². The lowest BCUT2D eigenvalue weighted by Crippen LogP contribution is -2.35. The van der Waals surface area contributed by atoms with Gasteiger partial charge < -0.3 is 5.73 Å². The largest absolute Gasteiger partial charge is 0.381 e. The van der Waals surface area contributed by atoms with Crippen molar-refractivity contribution in [3.05, 3.63) is 6.20 Å². The van der Waals surface area contributed by atoms with Crippen molar-refractivity contribution in [2.75, 3.05) is 36.9 Å². The number of anilines is 1. The second-order valence-corrected chi connectivity index (χ2v) is 4.59. The molecule has 6 heteroatoms. The number of rotatable bonds is 3. The third-order valence-electron chi connectivity index (χ3n) is 2.31. The van der Waals surface area contributed by atoms with Gasteiger partial charge in [-0.15, -0.1) is 5.10 Å². The van der Waals surface area contributed by atoms with Gasteiger partial charge in [0.1, 0.15) is 0 Å². The minimum absolute atomic E-state index is 0.499. The van der Waals surface area contributed by atoms with Gasteiger partial charge in [0.05, 0.1) is 12.7 Å². The van der Waals surface area contributed by atoms with Crippen LogP contribution in [0.25, 0.3) is 0 Å².